The highest BCUT2D eigenvalue weighted by atomic mass is 19.4. The number of benzene rings is 3. The number of amides is 2. The summed E-state index contributed by atoms with van der Waals surface area (Å²) in [6.45, 7) is 1.75. The van der Waals surface area contributed by atoms with Gasteiger partial charge in [0.1, 0.15) is 6.04 Å². The van der Waals surface area contributed by atoms with Gasteiger partial charge in [0.15, 0.2) is 0 Å². The molecule has 32 heavy (non-hydrogen) atoms. The van der Waals surface area contributed by atoms with Crippen molar-refractivity contribution < 1.29 is 22.8 Å². The molecular weight excluding hydrogens is 417 g/mol. The van der Waals surface area contributed by atoms with Gasteiger partial charge in [0, 0.05) is 6.42 Å². The largest absolute Gasteiger partial charge is 0.416 e. The number of hydrogen-bond acceptors (Lipinski definition) is 2. The zero-order valence-electron chi connectivity index (χ0n) is 17.4. The zero-order chi connectivity index (χ0) is 23.4. The number of hydrogen-bond donors (Lipinski definition) is 2. The highest BCUT2D eigenvalue weighted by Crippen LogP contribution is 2.33. The molecule has 2 amide bonds. The molecule has 0 unspecified atom stereocenters. The molecule has 3 aromatic carbocycles. The first-order valence-corrected chi connectivity index (χ1v) is 10.00. The molecule has 7 heteroatoms. The number of primary amides is 1. The Labute approximate surface area is 184 Å². The molecule has 0 saturated carbocycles. The Morgan fingerprint density at radius 2 is 1.28 bits per heavy atom. The first-order chi connectivity index (χ1) is 15.1. The van der Waals surface area contributed by atoms with Crippen molar-refractivity contribution in [2.24, 2.45) is 5.73 Å². The van der Waals surface area contributed by atoms with Gasteiger partial charge in [-0.15, -0.1) is 0 Å². The molecule has 0 heterocycles. The van der Waals surface area contributed by atoms with Crippen LogP contribution in [0.2, 0.25) is 0 Å². The summed E-state index contributed by atoms with van der Waals surface area (Å²) < 4.78 is 38.4. The van der Waals surface area contributed by atoms with E-state index < -0.39 is 35.0 Å². The molecule has 1 atom stereocenters. The maximum atomic E-state index is 13.5. The van der Waals surface area contributed by atoms with E-state index in [1.54, 1.807) is 6.92 Å². The van der Waals surface area contributed by atoms with Crippen LogP contribution in [0.25, 0.3) is 0 Å². The van der Waals surface area contributed by atoms with E-state index in [9.17, 15) is 22.8 Å². The van der Waals surface area contributed by atoms with Crippen LogP contribution in [0.15, 0.2) is 84.9 Å². The van der Waals surface area contributed by atoms with Gasteiger partial charge in [-0.1, -0.05) is 72.8 Å². The number of carbonyl (C=O) groups is 2. The summed E-state index contributed by atoms with van der Waals surface area (Å²) >= 11 is 0. The topological polar surface area (TPSA) is 72.2 Å². The minimum absolute atomic E-state index is 0.0289. The standard InChI is InChI=1S/C25H23F3N2O2/c1-24(18-8-4-2-5-9-18,19-10-6-3-7-11-19)23(32)30-21(22(29)31)16-17-12-14-20(15-13-17)25(26,27)28/h2-15,21H,16H2,1H3,(H2,29,31)(H,30,32)/t21-/m0/s1. The number of nitrogens with two attached hydrogens (primary N) is 1. The molecule has 0 fully saturated rings. The molecule has 166 valence electrons. The number of alkyl halides is 3. The molecule has 0 saturated heterocycles. The minimum Gasteiger partial charge on any atom is -0.368 e. The Morgan fingerprint density at radius 1 is 0.812 bits per heavy atom. The van der Waals surface area contributed by atoms with Crippen molar-refractivity contribution in [3.05, 3.63) is 107 Å². The van der Waals surface area contributed by atoms with Crippen LogP contribution in [0.1, 0.15) is 29.2 Å². The number of carbonyl (C=O) groups excluding carboxylic acids is 2. The average Bonchev–Trinajstić information content (AvgIpc) is 2.78. The molecule has 3 rings (SSSR count). The fourth-order valence-corrected chi connectivity index (χ4v) is 3.56. The third-order valence-corrected chi connectivity index (χ3v) is 5.53. The second kappa shape index (κ2) is 9.26. The van der Waals surface area contributed by atoms with Crippen LogP contribution in [0.4, 0.5) is 13.2 Å². The zero-order valence-corrected chi connectivity index (χ0v) is 17.4. The van der Waals surface area contributed by atoms with Gasteiger partial charge in [0.2, 0.25) is 11.8 Å². The van der Waals surface area contributed by atoms with Crippen LogP contribution < -0.4 is 11.1 Å². The number of rotatable bonds is 7. The van der Waals surface area contributed by atoms with Gasteiger partial charge in [-0.05, 0) is 35.7 Å². The van der Waals surface area contributed by atoms with Crippen LogP contribution in [0.3, 0.4) is 0 Å². The lowest BCUT2D eigenvalue weighted by atomic mass is 9.75. The number of nitrogens with one attached hydrogen (secondary N) is 1. The van der Waals surface area contributed by atoms with Crippen molar-refractivity contribution in [3.8, 4) is 0 Å². The Hall–Kier alpha value is -3.61. The molecule has 4 nitrogen and oxygen atoms in total. The Kier molecular flexibility index (Phi) is 6.67. The van der Waals surface area contributed by atoms with E-state index in [1.165, 1.54) is 12.1 Å². The van der Waals surface area contributed by atoms with Crippen LogP contribution >= 0.6 is 0 Å². The van der Waals surface area contributed by atoms with Crippen LogP contribution in [0, 0.1) is 0 Å². The Morgan fingerprint density at radius 3 is 1.69 bits per heavy atom. The second-order valence-electron chi connectivity index (χ2n) is 7.68. The van der Waals surface area contributed by atoms with Gasteiger partial charge in [-0.25, -0.2) is 0 Å². The third-order valence-electron chi connectivity index (χ3n) is 5.53. The summed E-state index contributed by atoms with van der Waals surface area (Å²) in [7, 11) is 0. The maximum absolute atomic E-state index is 13.5. The van der Waals surface area contributed by atoms with Gasteiger partial charge < -0.3 is 11.1 Å². The van der Waals surface area contributed by atoms with E-state index in [0.29, 0.717) is 5.56 Å². The van der Waals surface area contributed by atoms with Crippen LogP contribution in [-0.2, 0) is 27.6 Å². The smallest absolute Gasteiger partial charge is 0.368 e. The molecule has 0 aliphatic carbocycles. The van der Waals surface area contributed by atoms with Crippen molar-refractivity contribution in [1.29, 1.82) is 0 Å². The molecular formula is C25H23F3N2O2. The van der Waals surface area contributed by atoms with Gasteiger partial charge in [-0.2, -0.15) is 13.2 Å². The summed E-state index contributed by atoms with van der Waals surface area (Å²) in [6, 6.07) is 21.6. The van der Waals surface area contributed by atoms with Crippen LogP contribution in [-0.4, -0.2) is 17.9 Å². The summed E-state index contributed by atoms with van der Waals surface area (Å²) in [6.07, 6.45) is -4.48. The highest BCUT2D eigenvalue weighted by molar-refractivity contribution is 5.95. The van der Waals surface area contributed by atoms with E-state index in [-0.39, 0.29) is 6.42 Å². The fourth-order valence-electron chi connectivity index (χ4n) is 3.56. The normalized spacial score (nSPS) is 12.8. The van der Waals surface area contributed by atoms with E-state index >= 15 is 0 Å². The first kappa shape index (κ1) is 23.1. The first-order valence-electron chi connectivity index (χ1n) is 10.00. The van der Waals surface area contributed by atoms with E-state index in [2.05, 4.69) is 5.32 Å². The van der Waals surface area contributed by atoms with E-state index in [4.69, 9.17) is 5.73 Å². The summed E-state index contributed by atoms with van der Waals surface area (Å²) in [4.78, 5) is 25.6. The predicted molar refractivity (Wildman–Crippen MR) is 116 cm³/mol. The maximum Gasteiger partial charge on any atom is 0.416 e. The monoisotopic (exact) mass is 440 g/mol. The molecule has 0 radical (unpaired) electrons. The van der Waals surface area contributed by atoms with Crippen LogP contribution in [0.5, 0.6) is 0 Å². The van der Waals surface area contributed by atoms with Gasteiger partial charge in [-0.3, -0.25) is 9.59 Å². The molecule has 3 aromatic rings. The lowest BCUT2D eigenvalue weighted by molar-refractivity contribution is -0.137. The summed E-state index contributed by atoms with van der Waals surface area (Å²) in [5, 5.41) is 2.71. The lowest BCUT2D eigenvalue weighted by Crippen LogP contribution is -2.52. The third kappa shape index (κ3) is 4.99. The van der Waals surface area contributed by atoms with Crippen molar-refractivity contribution >= 4 is 11.8 Å². The molecule has 3 N–H and O–H groups in total. The quantitative estimate of drug-likeness (QED) is 0.577. The fraction of sp³-hybridized carbons (Fsp3) is 0.200. The van der Waals surface area contributed by atoms with Crippen molar-refractivity contribution in [3.63, 3.8) is 0 Å². The van der Waals surface area contributed by atoms with Gasteiger partial charge in [0.25, 0.3) is 0 Å². The number of halogens is 3. The molecule has 0 bridgehead atoms. The highest BCUT2D eigenvalue weighted by Gasteiger charge is 2.38. The summed E-state index contributed by atoms with van der Waals surface area (Å²) in [5.41, 5.74) is 5.51. The van der Waals surface area contributed by atoms with Gasteiger partial charge in [0.05, 0.1) is 11.0 Å². The van der Waals surface area contributed by atoms with E-state index in [0.717, 1.165) is 23.3 Å². The van der Waals surface area contributed by atoms with Crippen molar-refractivity contribution in [2.45, 2.75) is 31.0 Å². The second-order valence-corrected chi connectivity index (χ2v) is 7.68. The van der Waals surface area contributed by atoms with Gasteiger partial charge >= 0.3 is 6.18 Å². The molecule has 0 spiro atoms. The molecule has 0 aliphatic rings. The average molecular weight is 440 g/mol. The molecule has 0 aliphatic heterocycles. The van der Waals surface area contributed by atoms with Crippen molar-refractivity contribution in [2.75, 3.05) is 0 Å². The van der Waals surface area contributed by atoms with E-state index in [1.807, 2.05) is 60.7 Å². The minimum atomic E-state index is -4.46. The van der Waals surface area contributed by atoms with Crippen molar-refractivity contribution in [1.82, 2.24) is 5.32 Å². The Balaban J connectivity index is 1.88. The SMILES string of the molecule is CC(C(=O)N[C@@H](Cc1ccc(C(F)(F)F)cc1)C(N)=O)(c1ccccc1)c1ccccc1. The summed E-state index contributed by atoms with van der Waals surface area (Å²) in [5.74, 6) is -1.22. The molecule has 0 aromatic heterocycles. The Bertz CT molecular complexity index is 1030. The lowest BCUT2D eigenvalue weighted by Gasteiger charge is -2.31. The predicted octanol–water partition coefficient (Wildman–Crippen LogP) is 4.22.